The lowest BCUT2D eigenvalue weighted by molar-refractivity contribution is -0.126. The van der Waals surface area contributed by atoms with Crippen LogP contribution in [-0.2, 0) is 4.79 Å². The highest BCUT2D eigenvalue weighted by Gasteiger charge is 2.48. The number of hydrogen-bond acceptors (Lipinski definition) is 4. The number of benzene rings is 1. The molecule has 2 aliphatic rings. The van der Waals surface area contributed by atoms with Gasteiger partial charge >= 0.3 is 0 Å². The summed E-state index contributed by atoms with van der Waals surface area (Å²) in [6.07, 6.45) is 1.78. The van der Waals surface area contributed by atoms with Crippen molar-refractivity contribution < 1.29 is 14.3 Å². The maximum atomic E-state index is 12.2. The van der Waals surface area contributed by atoms with Crippen molar-refractivity contribution in [2.45, 2.75) is 25.8 Å². The number of nitrogens with two attached hydrogens (primary N) is 1. The van der Waals surface area contributed by atoms with Crippen LogP contribution in [0.4, 0.5) is 0 Å². The normalized spacial score (nSPS) is 20.1. The topological polar surface area (TPSA) is 73.6 Å². The van der Waals surface area contributed by atoms with E-state index < -0.39 is 0 Å². The van der Waals surface area contributed by atoms with Crippen LogP contribution in [-0.4, -0.2) is 25.7 Å². The summed E-state index contributed by atoms with van der Waals surface area (Å²) in [6.45, 7) is 3.54. The van der Waals surface area contributed by atoms with Crippen molar-refractivity contribution >= 4 is 5.91 Å². The Balaban J connectivity index is 1.71. The standard InChI is InChI=1S/C15H20N2O3/c1-10(17-14(18)15(9-16)4-5-15)11-2-3-12-13(8-11)20-7-6-19-12/h2-3,8,10H,4-7,9,16H2,1H3,(H,17,18). The minimum Gasteiger partial charge on any atom is -0.486 e. The summed E-state index contributed by atoms with van der Waals surface area (Å²) in [6, 6.07) is 5.71. The van der Waals surface area contributed by atoms with Crippen LogP contribution in [0.5, 0.6) is 11.5 Å². The lowest BCUT2D eigenvalue weighted by Gasteiger charge is -2.22. The van der Waals surface area contributed by atoms with Crippen molar-refractivity contribution in [1.82, 2.24) is 5.32 Å². The lowest BCUT2D eigenvalue weighted by Crippen LogP contribution is -2.37. The Bertz CT molecular complexity index is 526. The fourth-order valence-corrected chi connectivity index (χ4v) is 2.44. The molecule has 1 fully saturated rings. The largest absolute Gasteiger partial charge is 0.486 e. The third kappa shape index (κ3) is 2.33. The van der Waals surface area contributed by atoms with Gasteiger partial charge < -0.3 is 20.5 Å². The van der Waals surface area contributed by atoms with Crippen LogP contribution in [0.25, 0.3) is 0 Å². The van der Waals surface area contributed by atoms with E-state index in [4.69, 9.17) is 15.2 Å². The van der Waals surface area contributed by atoms with Crippen LogP contribution in [0, 0.1) is 5.41 Å². The number of amides is 1. The lowest BCUT2D eigenvalue weighted by atomic mass is 10.0. The highest BCUT2D eigenvalue weighted by atomic mass is 16.6. The molecule has 0 bridgehead atoms. The van der Waals surface area contributed by atoms with Gasteiger partial charge in [-0.15, -0.1) is 0 Å². The first kappa shape index (κ1) is 13.2. The quantitative estimate of drug-likeness (QED) is 0.871. The van der Waals surface area contributed by atoms with Crippen molar-refractivity contribution in [3.63, 3.8) is 0 Å². The van der Waals surface area contributed by atoms with Crippen molar-refractivity contribution in [3.05, 3.63) is 23.8 Å². The second kappa shape index (κ2) is 4.98. The molecular formula is C15H20N2O3. The summed E-state index contributed by atoms with van der Waals surface area (Å²) in [5, 5.41) is 3.04. The Morgan fingerprint density at radius 1 is 1.35 bits per heavy atom. The van der Waals surface area contributed by atoms with Crippen LogP contribution >= 0.6 is 0 Å². The molecule has 108 valence electrons. The zero-order valence-corrected chi connectivity index (χ0v) is 11.6. The first-order chi connectivity index (χ1) is 9.64. The van der Waals surface area contributed by atoms with Crippen LogP contribution in [0.15, 0.2) is 18.2 Å². The summed E-state index contributed by atoms with van der Waals surface area (Å²) >= 11 is 0. The molecule has 0 spiro atoms. The second-order valence-corrected chi connectivity index (χ2v) is 5.58. The van der Waals surface area contributed by atoms with Gasteiger partial charge in [-0.05, 0) is 37.5 Å². The number of fused-ring (bicyclic) bond motifs is 1. The minimum absolute atomic E-state index is 0.0578. The third-order valence-electron chi connectivity index (χ3n) is 4.14. The van der Waals surface area contributed by atoms with Gasteiger partial charge in [-0.3, -0.25) is 4.79 Å². The molecule has 1 atom stereocenters. The molecule has 1 aliphatic carbocycles. The molecule has 1 aliphatic heterocycles. The fraction of sp³-hybridized carbons (Fsp3) is 0.533. The van der Waals surface area contributed by atoms with E-state index in [1.54, 1.807) is 0 Å². The first-order valence-corrected chi connectivity index (χ1v) is 7.05. The molecule has 3 N–H and O–H groups in total. The molecule has 1 amide bonds. The Kier molecular flexibility index (Phi) is 3.30. The molecule has 0 saturated heterocycles. The maximum Gasteiger partial charge on any atom is 0.227 e. The second-order valence-electron chi connectivity index (χ2n) is 5.58. The molecule has 1 saturated carbocycles. The molecular weight excluding hydrogens is 256 g/mol. The molecule has 1 aromatic carbocycles. The van der Waals surface area contributed by atoms with Gasteiger partial charge in [-0.1, -0.05) is 6.07 Å². The molecule has 5 nitrogen and oxygen atoms in total. The van der Waals surface area contributed by atoms with Gasteiger partial charge in [0.15, 0.2) is 11.5 Å². The summed E-state index contributed by atoms with van der Waals surface area (Å²) in [4.78, 5) is 12.2. The first-order valence-electron chi connectivity index (χ1n) is 7.05. The molecule has 3 rings (SSSR count). The maximum absolute atomic E-state index is 12.2. The van der Waals surface area contributed by atoms with Crippen LogP contribution in [0.2, 0.25) is 0 Å². The molecule has 0 radical (unpaired) electrons. The highest BCUT2D eigenvalue weighted by Crippen LogP contribution is 2.45. The van der Waals surface area contributed by atoms with Crippen molar-refractivity contribution in [2.24, 2.45) is 11.1 Å². The molecule has 1 heterocycles. The van der Waals surface area contributed by atoms with Crippen LogP contribution < -0.4 is 20.5 Å². The van der Waals surface area contributed by atoms with Gasteiger partial charge in [0.1, 0.15) is 13.2 Å². The highest BCUT2D eigenvalue weighted by molar-refractivity contribution is 5.85. The predicted octanol–water partition coefficient (Wildman–Crippen LogP) is 1.37. The number of ether oxygens (including phenoxy) is 2. The molecule has 1 unspecified atom stereocenters. The van der Waals surface area contributed by atoms with Gasteiger partial charge in [0.05, 0.1) is 11.5 Å². The Morgan fingerprint density at radius 2 is 2.05 bits per heavy atom. The number of rotatable bonds is 4. The SMILES string of the molecule is CC(NC(=O)C1(CN)CC1)c1ccc2c(c1)OCCO2. The molecule has 5 heteroatoms. The monoisotopic (exact) mass is 276 g/mol. The summed E-state index contributed by atoms with van der Waals surface area (Å²) < 4.78 is 11.1. The van der Waals surface area contributed by atoms with Gasteiger partial charge in [-0.2, -0.15) is 0 Å². The van der Waals surface area contributed by atoms with Crippen molar-refractivity contribution in [3.8, 4) is 11.5 Å². The van der Waals surface area contributed by atoms with E-state index >= 15 is 0 Å². The number of carbonyl (C=O) groups is 1. The average Bonchev–Trinajstić information content (AvgIpc) is 3.28. The van der Waals surface area contributed by atoms with Gasteiger partial charge in [0.2, 0.25) is 5.91 Å². The minimum atomic E-state index is -0.317. The van der Waals surface area contributed by atoms with Gasteiger partial charge in [-0.25, -0.2) is 0 Å². The number of nitrogens with one attached hydrogen (secondary N) is 1. The molecule has 0 aromatic heterocycles. The Labute approximate surface area is 118 Å². The van der Waals surface area contributed by atoms with E-state index in [0.717, 1.165) is 29.9 Å². The number of carbonyl (C=O) groups excluding carboxylic acids is 1. The van der Waals surface area contributed by atoms with Crippen LogP contribution in [0.1, 0.15) is 31.4 Å². The summed E-state index contributed by atoms with van der Waals surface area (Å²) in [5.41, 5.74) is 6.37. The Morgan fingerprint density at radius 3 is 2.70 bits per heavy atom. The average molecular weight is 276 g/mol. The van der Waals surface area contributed by atoms with Crippen LogP contribution in [0.3, 0.4) is 0 Å². The Hall–Kier alpha value is -1.75. The van der Waals surface area contributed by atoms with Crippen molar-refractivity contribution in [1.29, 1.82) is 0 Å². The van der Waals surface area contributed by atoms with E-state index in [-0.39, 0.29) is 17.4 Å². The van der Waals surface area contributed by atoms with E-state index in [9.17, 15) is 4.79 Å². The van der Waals surface area contributed by atoms with Gasteiger partial charge in [0.25, 0.3) is 0 Å². The molecule has 1 aromatic rings. The third-order valence-corrected chi connectivity index (χ3v) is 4.14. The van der Waals surface area contributed by atoms with Gasteiger partial charge in [0, 0.05) is 6.54 Å². The van der Waals surface area contributed by atoms with E-state index in [2.05, 4.69) is 5.32 Å². The smallest absolute Gasteiger partial charge is 0.227 e. The fourth-order valence-electron chi connectivity index (χ4n) is 2.44. The molecule has 20 heavy (non-hydrogen) atoms. The summed E-state index contributed by atoms with van der Waals surface area (Å²) in [7, 11) is 0. The number of hydrogen-bond donors (Lipinski definition) is 2. The van der Waals surface area contributed by atoms with E-state index in [1.165, 1.54) is 0 Å². The zero-order valence-electron chi connectivity index (χ0n) is 11.6. The van der Waals surface area contributed by atoms with E-state index in [0.29, 0.717) is 19.8 Å². The predicted molar refractivity (Wildman–Crippen MR) is 74.7 cm³/mol. The van der Waals surface area contributed by atoms with E-state index in [1.807, 2.05) is 25.1 Å². The summed E-state index contributed by atoms with van der Waals surface area (Å²) in [5.74, 6) is 1.57. The van der Waals surface area contributed by atoms with Crippen molar-refractivity contribution in [2.75, 3.05) is 19.8 Å². The zero-order chi connectivity index (χ0) is 14.2.